The summed E-state index contributed by atoms with van der Waals surface area (Å²) in [6.07, 6.45) is 1.92. The molecule has 0 saturated heterocycles. The molecule has 0 aromatic rings. The molecule has 1 rings (SSSR count). The van der Waals surface area contributed by atoms with Gasteiger partial charge in [0.1, 0.15) is 11.6 Å². The predicted molar refractivity (Wildman–Crippen MR) is 45.6 cm³/mol. The maximum Gasteiger partial charge on any atom is 2.00 e. The minimum absolute atomic E-state index is 0. The Morgan fingerprint density at radius 1 is 1.18 bits per heavy atom. The first-order valence-electron chi connectivity index (χ1n) is 3.62. The molecule has 1 aliphatic carbocycles. The van der Waals surface area contributed by atoms with E-state index in [1.54, 1.807) is 13.8 Å². The van der Waals surface area contributed by atoms with Crippen LogP contribution in [-0.2, 0) is 9.59 Å². The Labute approximate surface area is 99.7 Å². The first-order valence-corrected chi connectivity index (χ1v) is 3.62. The second-order valence-electron chi connectivity index (χ2n) is 3.32. The fourth-order valence-corrected chi connectivity index (χ4v) is 1.19. The topological polar surface area (TPSA) is 34.1 Å². The van der Waals surface area contributed by atoms with Crippen molar-refractivity contribution in [3.8, 4) is 0 Å². The minimum atomic E-state index is -0.682. The smallest absolute Gasteiger partial charge is 1.00 e. The molecule has 1 aliphatic rings. The van der Waals surface area contributed by atoms with Crippen LogP contribution in [0.3, 0.4) is 0 Å². The van der Waals surface area contributed by atoms with Crippen LogP contribution in [0.15, 0.2) is 0 Å². The second kappa shape index (κ2) is 4.01. The molecule has 0 unspecified atom stereocenters. The summed E-state index contributed by atoms with van der Waals surface area (Å²) in [7, 11) is 0. The van der Waals surface area contributed by atoms with Gasteiger partial charge in [0.25, 0.3) is 0 Å². The van der Waals surface area contributed by atoms with Gasteiger partial charge in [0.05, 0.1) is 5.41 Å². The van der Waals surface area contributed by atoms with Gasteiger partial charge < -0.3 is 2.85 Å². The zero-order chi connectivity index (χ0) is 7.78. The van der Waals surface area contributed by atoms with Crippen LogP contribution in [0.1, 0.15) is 36.0 Å². The van der Waals surface area contributed by atoms with Crippen molar-refractivity contribution < 1.29 is 12.4 Å². The van der Waals surface area contributed by atoms with Crippen LogP contribution in [0.4, 0.5) is 0 Å². The minimum Gasteiger partial charge on any atom is -1.00 e. The molecule has 0 bridgehead atoms. The zero-order valence-electron chi connectivity index (χ0n) is 9.14. The quantitative estimate of drug-likeness (QED) is 0.416. The summed E-state index contributed by atoms with van der Waals surface area (Å²) in [5, 5.41) is 0. The van der Waals surface area contributed by atoms with E-state index in [2.05, 4.69) is 0 Å². The van der Waals surface area contributed by atoms with Crippen molar-refractivity contribution in [1.82, 2.24) is 0 Å². The molecule has 0 atom stereocenters. The van der Waals surface area contributed by atoms with Crippen molar-refractivity contribution in [2.24, 2.45) is 5.41 Å². The van der Waals surface area contributed by atoms with E-state index in [1.807, 2.05) is 0 Å². The molecule has 1 saturated carbocycles. The molecule has 0 aliphatic heterocycles. The number of ketones is 2. The zero-order valence-corrected chi connectivity index (χ0v) is 9.35. The summed E-state index contributed by atoms with van der Waals surface area (Å²) in [4.78, 5) is 22.2. The number of carbonyl (C=O) groups is 2. The molecule has 3 heteroatoms. The Bertz CT molecular complexity index is 175. The van der Waals surface area contributed by atoms with Gasteiger partial charge in [0, 0.05) is 12.8 Å². The third-order valence-electron chi connectivity index (χ3n) is 2.20. The van der Waals surface area contributed by atoms with Crippen LogP contribution in [0.2, 0.25) is 0 Å². The molecule has 0 aromatic carbocycles. The van der Waals surface area contributed by atoms with E-state index < -0.39 is 5.41 Å². The molecule has 0 aromatic heterocycles. The van der Waals surface area contributed by atoms with Crippen molar-refractivity contribution in [3.05, 3.63) is 0 Å². The van der Waals surface area contributed by atoms with E-state index in [-0.39, 0.29) is 52.2 Å². The third-order valence-corrected chi connectivity index (χ3v) is 2.20. The van der Waals surface area contributed by atoms with Gasteiger partial charge >= 0.3 is 37.7 Å². The molecule has 0 amide bonds. The summed E-state index contributed by atoms with van der Waals surface area (Å²) in [6, 6.07) is 0. The normalized spacial score (nSPS) is 22.7. The maximum absolute atomic E-state index is 11.1. The molecule has 2 nitrogen and oxygen atoms in total. The Morgan fingerprint density at radius 2 is 1.55 bits per heavy atom. The van der Waals surface area contributed by atoms with Gasteiger partial charge in [-0.15, -0.1) is 0 Å². The van der Waals surface area contributed by atoms with Crippen LogP contribution in [0, 0.1) is 5.41 Å². The number of hydrogen-bond acceptors (Lipinski definition) is 2. The van der Waals surface area contributed by atoms with Crippen LogP contribution in [-0.4, -0.2) is 49.3 Å². The van der Waals surface area contributed by atoms with Crippen molar-refractivity contribution in [3.63, 3.8) is 0 Å². The van der Waals surface area contributed by atoms with Crippen molar-refractivity contribution >= 4 is 49.3 Å². The van der Waals surface area contributed by atoms with E-state index in [1.165, 1.54) is 0 Å². The molecule has 0 radical (unpaired) electrons. The third kappa shape index (κ3) is 2.27. The monoisotopic (exact) mass is 182 g/mol. The Kier molecular flexibility index (Phi) is 4.23. The van der Waals surface area contributed by atoms with Crippen molar-refractivity contribution in [2.45, 2.75) is 33.1 Å². The van der Waals surface area contributed by atoms with E-state index in [4.69, 9.17) is 0 Å². The van der Waals surface area contributed by atoms with Gasteiger partial charge in [-0.2, -0.15) is 0 Å². The number of carbonyl (C=O) groups excluding carboxylic acids is 2. The largest absolute Gasteiger partial charge is 2.00 e. The molecule has 0 spiro atoms. The SMILES string of the molecule is CC1(C)C(=O)CCCC1=O.[Ca+2].[H-].[H-]. The fourth-order valence-electron chi connectivity index (χ4n) is 1.19. The summed E-state index contributed by atoms with van der Waals surface area (Å²) in [5.41, 5.74) is -0.682. The van der Waals surface area contributed by atoms with Gasteiger partial charge in [0.2, 0.25) is 0 Å². The molecule has 60 valence electrons. The first kappa shape index (κ1) is 11.6. The standard InChI is InChI=1S/C8H12O2.Ca.2H/c1-8(2)6(9)4-3-5-7(8)10;;;/h3-5H2,1-2H3;;;/q;+2;2*-1. The van der Waals surface area contributed by atoms with Gasteiger partial charge in [-0.05, 0) is 20.3 Å². The average Bonchev–Trinajstić information content (AvgIpc) is 1.84. The van der Waals surface area contributed by atoms with Crippen LogP contribution >= 0.6 is 0 Å². The van der Waals surface area contributed by atoms with Crippen LogP contribution < -0.4 is 0 Å². The van der Waals surface area contributed by atoms with Gasteiger partial charge in [0.15, 0.2) is 0 Å². The Hall–Kier alpha value is 0.600. The van der Waals surface area contributed by atoms with Crippen molar-refractivity contribution in [2.75, 3.05) is 0 Å². The summed E-state index contributed by atoms with van der Waals surface area (Å²) in [6.45, 7) is 3.44. The summed E-state index contributed by atoms with van der Waals surface area (Å²) < 4.78 is 0. The Balaban J connectivity index is -0.000000333. The first-order chi connectivity index (χ1) is 4.55. The predicted octanol–water partition coefficient (Wildman–Crippen LogP) is 1.18. The molecule has 0 heterocycles. The molecule has 0 N–H and O–H groups in total. The van der Waals surface area contributed by atoms with E-state index in [9.17, 15) is 9.59 Å². The average molecular weight is 182 g/mol. The van der Waals surface area contributed by atoms with Gasteiger partial charge in [-0.25, -0.2) is 0 Å². The number of Topliss-reactive ketones (excluding diaryl/α,β-unsaturated/α-hetero) is 2. The van der Waals surface area contributed by atoms with E-state index in [0.29, 0.717) is 12.8 Å². The number of hydrogen-bond donors (Lipinski definition) is 0. The summed E-state index contributed by atoms with van der Waals surface area (Å²) >= 11 is 0. The van der Waals surface area contributed by atoms with Crippen LogP contribution in [0.5, 0.6) is 0 Å². The Morgan fingerprint density at radius 3 is 1.82 bits per heavy atom. The van der Waals surface area contributed by atoms with Crippen LogP contribution in [0.25, 0.3) is 0 Å². The fraction of sp³-hybridized carbons (Fsp3) is 0.750. The molecule has 11 heavy (non-hydrogen) atoms. The molecule has 1 fully saturated rings. The number of rotatable bonds is 0. The van der Waals surface area contributed by atoms with E-state index in [0.717, 1.165) is 6.42 Å². The second-order valence-corrected chi connectivity index (χ2v) is 3.32. The molecular formula is C8H14CaO2. The van der Waals surface area contributed by atoms with Crippen molar-refractivity contribution in [1.29, 1.82) is 0 Å². The summed E-state index contributed by atoms with van der Waals surface area (Å²) in [5.74, 6) is 0.201. The van der Waals surface area contributed by atoms with E-state index >= 15 is 0 Å². The molecular weight excluding hydrogens is 168 g/mol. The van der Waals surface area contributed by atoms with Gasteiger partial charge in [-0.1, -0.05) is 0 Å². The maximum atomic E-state index is 11.1. The van der Waals surface area contributed by atoms with Gasteiger partial charge in [-0.3, -0.25) is 9.59 Å².